The van der Waals surface area contributed by atoms with Crippen molar-refractivity contribution in [1.82, 2.24) is 4.98 Å². The van der Waals surface area contributed by atoms with Crippen LogP contribution in [0.15, 0.2) is 54.7 Å². The van der Waals surface area contributed by atoms with Gasteiger partial charge in [0.05, 0.1) is 11.1 Å². The predicted molar refractivity (Wildman–Crippen MR) is 94.3 cm³/mol. The number of nitrogens with zero attached hydrogens (tertiary/aromatic N) is 1. The molecule has 2 aromatic carbocycles. The molecule has 0 fully saturated rings. The van der Waals surface area contributed by atoms with E-state index in [1.54, 1.807) is 24.4 Å². The third kappa shape index (κ3) is 3.08. The van der Waals surface area contributed by atoms with Crippen molar-refractivity contribution in [3.8, 4) is 0 Å². The van der Waals surface area contributed by atoms with Gasteiger partial charge in [-0.25, -0.2) is 4.79 Å². The standard InChI is InChI=1S/C20H16N2O3/c23-18-9-7-14-11-15(6-8-17(14)22-18)20(24)25-12-16-4-1-3-13-5-2-10-21-19(13)16/h1-6,8,10-11H,7,9,12H2,(H,22,23). The van der Waals surface area contributed by atoms with E-state index in [0.717, 1.165) is 27.7 Å². The van der Waals surface area contributed by atoms with E-state index in [1.807, 2.05) is 30.3 Å². The van der Waals surface area contributed by atoms with Crippen molar-refractivity contribution < 1.29 is 14.3 Å². The Morgan fingerprint density at radius 1 is 1.12 bits per heavy atom. The molecule has 0 atom stereocenters. The molecule has 25 heavy (non-hydrogen) atoms. The normalized spacial score (nSPS) is 13.2. The molecule has 4 rings (SSSR count). The van der Waals surface area contributed by atoms with Gasteiger partial charge in [-0.05, 0) is 36.2 Å². The number of para-hydroxylation sites is 1. The molecule has 0 aliphatic carbocycles. The van der Waals surface area contributed by atoms with Gasteiger partial charge in [-0.15, -0.1) is 0 Å². The van der Waals surface area contributed by atoms with Crippen LogP contribution in [0.2, 0.25) is 0 Å². The highest BCUT2D eigenvalue weighted by Crippen LogP contribution is 2.24. The number of hydrogen-bond acceptors (Lipinski definition) is 4. The molecule has 3 aromatic rings. The zero-order chi connectivity index (χ0) is 17.2. The fourth-order valence-electron chi connectivity index (χ4n) is 3.02. The summed E-state index contributed by atoms with van der Waals surface area (Å²) in [4.78, 5) is 28.1. The fourth-order valence-corrected chi connectivity index (χ4v) is 3.02. The first-order valence-electron chi connectivity index (χ1n) is 8.13. The van der Waals surface area contributed by atoms with E-state index < -0.39 is 0 Å². The Morgan fingerprint density at radius 3 is 2.92 bits per heavy atom. The minimum Gasteiger partial charge on any atom is -0.457 e. The van der Waals surface area contributed by atoms with Crippen molar-refractivity contribution in [2.45, 2.75) is 19.4 Å². The Balaban J connectivity index is 1.51. The van der Waals surface area contributed by atoms with Crippen LogP contribution in [0.25, 0.3) is 10.9 Å². The van der Waals surface area contributed by atoms with E-state index in [1.165, 1.54) is 0 Å². The van der Waals surface area contributed by atoms with E-state index in [2.05, 4.69) is 10.3 Å². The highest BCUT2D eigenvalue weighted by molar-refractivity contribution is 5.96. The van der Waals surface area contributed by atoms with Gasteiger partial charge in [0, 0.05) is 29.3 Å². The molecule has 0 bridgehead atoms. The lowest BCUT2D eigenvalue weighted by molar-refractivity contribution is -0.116. The number of nitrogens with one attached hydrogen (secondary N) is 1. The van der Waals surface area contributed by atoms with Crippen LogP contribution >= 0.6 is 0 Å². The number of rotatable bonds is 3. The van der Waals surface area contributed by atoms with Crippen LogP contribution in [0.1, 0.15) is 27.9 Å². The van der Waals surface area contributed by atoms with Crippen LogP contribution in [0.3, 0.4) is 0 Å². The lowest BCUT2D eigenvalue weighted by Crippen LogP contribution is -2.19. The van der Waals surface area contributed by atoms with Crippen molar-refractivity contribution >= 4 is 28.5 Å². The SMILES string of the molecule is O=C1CCc2cc(C(=O)OCc3cccc4cccnc34)ccc2N1. The van der Waals surface area contributed by atoms with Crippen molar-refractivity contribution in [3.05, 3.63) is 71.4 Å². The maximum Gasteiger partial charge on any atom is 0.338 e. The lowest BCUT2D eigenvalue weighted by atomic mass is 10.0. The number of anilines is 1. The number of ether oxygens (including phenoxy) is 1. The summed E-state index contributed by atoms with van der Waals surface area (Å²) < 4.78 is 5.47. The molecule has 0 saturated heterocycles. The molecular weight excluding hydrogens is 316 g/mol. The van der Waals surface area contributed by atoms with Gasteiger partial charge in [-0.1, -0.05) is 24.3 Å². The highest BCUT2D eigenvalue weighted by Gasteiger charge is 2.17. The molecule has 1 amide bonds. The Morgan fingerprint density at radius 2 is 2.00 bits per heavy atom. The summed E-state index contributed by atoms with van der Waals surface area (Å²) >= 11 is 0. The number of carbonyl (C=O) groups is 2. The second-order valence-electron chi connectivity index (χ2n) is 5.99. The lowest BCUT2D eigenvalue weighted by Gasteiger charge is -2.17. The van der Waals surface area contributed by atoms with Gasteiger partial charge in [-0.3, -0.25) is 9.78 Å². The molecule has 0 unspecified atom stereocenters. The van der Waals surface area contributed by atoms with Crippen LogP contribution in [0, 0.1) is 0 Å². The van der Waals surface area contributed by atoms with Gasteiger partial charge in [0.15, 0.2) is 0 Å². The summed E-state index contributed by atoms with van der Waals surface area (Å²) in [5.74, 6) is -0.376. The molecule has 1 aromatic heterocycles. The summed E-state index contributed by atoms with van der Waals surface area (Å²) in [6.45, 7) is 0.168. The maximum absolute atomic E-state index is 12.4. The first-order valence-corrected chi connectivity index (χ1v) is 8.13. The van der Waals surface area contributed by atoms with E-state index in [4.69, 9.17) is 4.74 Å². The number of aromatic nitrogens is 1. The van der Waals surface area contributed by atoms with E-state index >= 15 is 0 Å². The zero-order valence-electron chi connectivity index (χ0n) is 13.5. The van der Waals surface area contributed by atoms with Crippen LogP contribution in [-0.4, -0.2) is 16.9 Å². The second-order valence-corrected chi connectivity index (χ2v) is 5.99. The zero-order valence-corrected chi connectivity index (χ0v) is 13.5. The number of carbonyl (C=O) groups excluding carboxylic acids is 2. The van der Waals surface area contributed by atoms with Crippen molar-refractivity contribution in [2.75, 3.05) is 5.32 Å². The largest absolute Gasteiger partial charge is 0.457 e. The minimum absolute atomic E-state index is 0.00582. The van der Waals surface area contributed by atoms with E-state index in [0.29, 0.717) is 18.4 Å². The fraction of sp³-hybridized carbons (Fsp3) is 0.150. The number of benzene rings is 2. The molecule has 0 saturated carbocycles. The van der Waals surface area contributed by atoms with Crippen molar-refractivity contribution in [1.29, 1.82) is 0 Å². The first kappa shape index (κ1) is 15.3. The molecule has 0 spiro atoms. The summed E-state index contributed by atoms with van der Waals surface area (Å²) in [5, 5.41) is 3.82. The number of hydrogen-bond donors (Lipinski definition) is 1. The summed E-state index contributed by atoms with van der Waals surface area (Å²) in [6.07, 6.45) is 2.80. The quantitative estimate of drug-likeness (QED) is 0.746. The Labute approximate surface area is 144 Å². The molecule has 1 aliphatic rings. The third-order valence-electron chi connectivity index (χ3n) is 4.31. The van der Waals surface area contributed by atoms with Gasteiger partial charge in [-0.2, -0.15) is 0 Å². The Hall–Kier alpha value is -3.21. The molecule has 2 heterocycles. The van der Waals surface area contributed by atoms with Crippen LogP contribution in [0.4, 0.5) is 5.69 Å². The van der Waals surface area contributed by atoms with Crippen LogP contribution < -0.4 is 5.32 Å². The third-order valence-corrected chi connectivity index (χ3v) is 4.31. The van der Waals surface area contributed by atoms with E-state index in [9.17, 15) is 9.59 Å². The van der Waals surface area contributed by atoms with Crippen molar-refractivity contribution in [3.63, 3.8) is 0 Å². The average Bonchev–Trinajstić information content (AvgIpc) is 2.65. The molecule has 1 N–H and O–H groups in total. The number of fused-ring (bicyclic) bond motifs is 2. The van der Waals surface area contributed by atoms with Gasteiger partial charge in [0.2, 0.25) is 5.91 Å². The topological polar surface area (TPSA) is 68.3 Å². The van der Waals surface area contributed by atoms with Crippen molar-refractivity contribution in [2.24, 2.45) is 0 Å². The van der Waals surface area contributed by atoms with Gasteiger partial charge in [0.1, 0.15) is 6.61 Å². The van der Waals surface area contributed by atoms with E-state index in [-0.39, 0.29) is 18.5 Å². The van der Waals surface area contributed by atoms with Gasteiger partial charge in [0.25, 0.3) is 0 Å². The highest BCUT2D eigenvalue weighted by atomic mass is 16.5. The first-order chi connectivity index (χ1) is 12.2. The number of aryl methyl sites for hydroxylation is 1. The monoisotopic (exact) mass is 332 g/mol. The second kappa shape index (κ2) is 6.36. The predicted octanol–water partition coefficient (Wildman–Crippen LogP) is 3.48. The summed E-state index contributed by atoms with van der Waals surface area (Å²) in [5.41, 5.74) is 3.93. The Bertz CT molecular complexity index is 976. The molecule has 0 radical (unpaired) electrons. The summed E-state index contributed by atoms with van der Waals surface area (Å²) in [6, 6.07) is 14.9. The van der Waals surface area contributed by atoms with Gasteiger partial charge < -0.3 is 10.1 Å². The number of pyridine rings is 1. The Kier molecular flexibility index (Phi) is 3.90. The molecule has 1 aliphatic heterocycles. The molecule has 5 heteroatoms. The molecular formula is C20H16N2O3. The summed E-state index contributed by atoms with van der Waals surface area (Å²) in [7, 11) is 0. The van der Waals surface area contributed by atoms with Crippen LogP contribution in [0.5, 0.6) is 0 Å². The maximum atomic E-state index is 12.4. The smallest absolute Gasteiger partial charge is 0.338 e. The van der Waals surface area contributed by atoms with Crippen LogP contribution in [-0.2, 0) is 22.6 Å². The average molecular weight is 332 g/mol. The number of esters is 1. The molecule has 124 valence electrons. The molecule has 5 nitrogen and oxygen atoms in total. The van der Waals surface area contributed by atoms with Gasteiger partial charge >= 0.3 is 5.97 Å². The number of amides is 1. The minimum atomic E-state index is -0.382.